The van der Waals surface area contributed by atoms with E-state index in [2.05, 4.69) is 15.4 Å². The van der Waals surface area contributed by atoms with E-state index in [0.717, 1.165) is 38.8 Å². The normalized spacial score (nSPS) is 14.8. The van der Waals surface area contributed by atoms with E-state index < -0.39 is 0 Å². The van der Waals surface area contributed by atoms with Crippen molar-refractivity contribution in [3.63, 3.8) is 0 Å². The van der Waals surface area contributed by atoms with Crippen molar-refractivity contribution in [2.75, 3.05) is 11.9 Å². The minimum atomic E-state index is 0.722. The Bertz CT molecular complexity index is 759. The highest BCUT2D eigenvalue weighted by Gasteiger charge is 2.21. The fraction of sp³-hybridized carbons (Fsp3) is 0.286. The maximum absolute atomic E-state index is 6.05. The summed E-state index contributed by atoms with van der Waals surface area (Å²) in [6.45, 7) is 1.02. The molecular weight excluding hydrogens is 292 g/mol. The van der Waals surface area contributed by atoms with Crippen LogP contribution in [0.1, 0.15) is 12.8 Å². The van der Waals surface area contributed by atoms with Gasteiger partial charge in [0.05, 0.1) is 11.9 Å². The minimum absolute atomic E-state index is 0.722. The van der Waals surface area contributed by atoms with Crippen LogP contribution < -0.4 is 5.32 Å². The van der Waals surface area contributed by atoms with E-state index in [-0.39, 0.29) is 0 Å². The fourth-order valence-electron chi connectivity index (χ4n) is 2.16. The molecule has 3 aromatic rings. The van der Waals surface area contributed by atoms with Gasteiger partial charge < -0.3 is 5.32 Å². The van der Waals surface area contributed by atoms with Crippen LogP contribution in [0.5, 0.6) is 0 Å². The molecular formula is C14H13ClN4S. The first kappa shape index (κ1) is 12.2. The van der Waals surface area contributed by atoms with Gasteiger partial charge in [-0.1, -0.05) is 35.1 Å². The smallest absolute Gasteiger partial charge is 0.214 e. The molecule has 0 aliphatic heterocycles. The van der Waals surface area contributed by atoms with Crippen molar-refractivity contribution < 1.29 is 0 Å². The lowest BCUT2D eigenvalue weighted by atomic mass is 10.2. The second-order valence-electron chi connectivity index (χ2n) is 5.08. The number of rotatable bonds is 4. The SMILES string of the molecule is Clc1cccc(-c2cnc3sc(NCC4CC4)nn23)c1. The second kappa shape index (κ2) is 4.75. The van der Waals surface area contributed by atoms with Gasteiger partial charge in [-0.25, -0.2) is 9.50 Å². The van der Waals surface area contributed by atoms with Crippen LogP contribution in [0.3, 0.4) is 0 Å². The largest absolute Gasteiger partial charge is 0.360 e. The second-order valence-corrected chi connectivity index (χ2v) is 6.47. The van der Waals surface area contributed by atoms with Gasteiger partial charge in [-0.05, 0) is 30.9 Å². The van der Waals surface area contributed by atoms with Crippen LogP contribution in [0.4, 0.5) is 5.13 Å². The molecule has 0 atom stereocenters. The van der Waals surface area contributed by atoms with Gasteiger partial charge in [-0.2, -0.15) is 0 Å². The Balaban J connectivity index is 1.68. The van der Waals surface area contributed by atoms with Gasteiger partial charge in [0.2, 0.25) is 10.1 Å². The van der Waals surface area contributed by atoms with E-state index in [1.807, 2.05) is 35.0 Å². The highest BCUT2D eigenvalue weighted by atomic mass is 35.5. The number of nitrogens with one attached hydrogen (secondary N) is 1. The summed E-state index contributed by atoms with van der Waals surface area (Å²) >= 11 is 7.63. The molecule has 1 aliphatic carbocycles. The molecule has 1 fully saturated rings. The van der Waals surface area contributed by atoms with Gasteiger partial charge in [0.1, 0.15) is 0 Å². The molecule has 102 valence electrons. The van der Waals surface area contributed by atoms with Crippen LogP contribution in [0.25, 0.3) is 16.2 Å². The molecule has 4 rings (SSSR count). The van der Waals surface area contributed by atoms with Crippen molar-refractivity contribution in [3.8, 4) is 11.3 Å². The molecule has 6 heteroatoms. The zero-order chi connectivity index (χ0) is 13.5. The van der Waals surface area contributed by atoms with Gasteiger partial charge >= 0.3 is 0 Å². The quantitative estimate of drug-likeness (QED) is 0.794. The minimum Gasteiger partial charge on any atom is -0.360 e. The number of imidazole rings is 1. The van der Waals surface area contributed by atoms with Crippen LogP contribution in [-0.2, 0) is 0 Å². The summed E-state index contributed by atoms with van der Waals surface area (Å²) in [7, 11) is 0. The first-order valence-electron chi connectivity index (χ1n) is 6.64. The molecule has 20 heavy (non-hydrogen) atoms. The lowest BCUT2D eigenvalue weighted by molar-refractivity contribution is 0.875. The number of anilines is 1. The average molecular weight is 305 g/mol. The van der Waals surface area contributed by atoms with Crippen molar-refractivity contribution in [2.24, 2.45) is 5.92 Å². The third-order valence-electron chi connectivity index (χ3n) is 3.44. The van der Waals surface area contributed by atoms with Crippen LogP contribution in [0.15, 0.2) is 30.5 Å². The summed E-state index contributed by atoms with van der Waals surface area (Å²) in [5.74, 6) is 0.832. The van der Waals surface area contributed by atoms with Crippen molar-refractivity contribution >= 4 is 33.0 Å². The molecule has 1 aromatic carbocycles. The zero-order valence-electron chi connectivity index (χ0n) is 10.7. The van der Waals surface area contributed by atoms with Crippen molar-refractivity contribution in [3.05, 3.63) is 35.5 Å². The molecule has 0 spiro atoms. The van der Waals surface area contributed by atoms with Gasteiger partial charge in [-0.3, -0.25) is 0 Å². The molecule has 0 unspecified atom stereocenters. The summed E-state index contributed by atoms with van der Waals surface area (Å²) in [5.41, 5.74) is 2.00. The standard InChI is InChI=1S/C14H13ClN4S/c15-11-3-1-2-10(6-11)12-8-17-14-19(12)18-13(20-14)16-7-9-4-5-9/h1-3,6,8-9H,4-5,7H2,(H,16,18). The highest BCUT2D eigenvalue weighted by Crippen LogP contribution is 2.31. The Kier molecular flexibility index (Phi) is 2.89. The first-order chi connectivity index (χ1) is 9.79. The molecule has 0 radical (unpaired) electrons. The number of halogens is 1. The van der Waals surface area contributed by atoms with Gasteiger partial charge in [0, 0.05) is 17.1 Å². The number of aromatic nitrogens is 3. The van der Waals surface area contributed by atoms with Crippen LogP contribution in [0.2, 0.25) is 5.02 Å². The summed E-state index contributed by atoms with van der Waals surface area (Å²) in [6, 6.07) is 7.76. The molecule has 1 saturated carbocycles. The van der Waals surface area contributed by atoms with E-state index in [9.17, 15) is 0 Å². The van der Waals surface area contributed by atoms with Gasteiger partial charge in [0.15, 0.2) is 0 Å². The van der Waals surface area contributed by atoms with E-state index in [1.54, 1.807) is 11.3 Å². The molecule has 0 saturated heterocycles. The van der Waals surface area contributed by atoms with Crippen molar-refractivity contribution in [1.29, 1.82) is 0 Å². The van der Waals surface area contributed by atoms with Crippen molar-refractivity contribution in [2.45, 2.75) is 12.8 Å². The Morgan fingerprint density at radius 3 is 3.10 bits per heavy atom. The predicted octanol–water partition coefficient (Wildman–Crippen LogP) is 3.93. The van der Waals surface area contributed by atoms with Crippen molar-refractivity contribution in [1.82, 2.24) is 14.6 Å². The lowest BCUT2D eigenvalue weighted by Gasteiger charge is -2.00. The van der Waals surface area contributed by atoms with E-state index in [1.165, 1.54) is 12.8 Å². The Morgan fingerprint density at radius 1 is 1.40 bits per heavy atom. The maximum atomic E-state index is 6.05. The zero-order valence-corrected chi connectivity index (χ0v) is 12.3. The highest BCUT2D eigenvalue weighted by molar-refractivity contribution is 7.20. The number of hydrogen-bond acceptors (Lipinski definition) is 4. The lowest BCUT2D eigenvalue weighted by Crippen LogP contribution is -2.03. The summed E-state index contributed by atoms with van der Waals surface area (Å²) in [5, 5.41) is 9.65. The monoisotopic (exact) mass is 304 g/mol. The third kappa shape index (κ3) is 2.27. The molecule has 0 bridgehead atoms. The third-order valence-corrected chi connectivity index (χ3v) is 4.56. The van der Waals surface area contributed by atoms with Crippen LogP contribution in [-0.4, -0.2) is 21.1 Å². The summed E-state index contributed by atoms with van der Waals surface area (Å²) < 4.78 is 1.88. The fourth-order valence-corrected chi connectivity index (χ4v) is 3.13. The van der Waals surface area contributed by atoms with Gasteiger partial charge in [0.25, 0.3) is 0 Å². The van der Waals surface area contributed by atoms with E-state index >= 15 is 0 Å². The van der Waals surface area contributed by atoms with Crippen LogP contribution >= 0.6 is 22.9 Å². The number of benzene rings is 1. The number of hydrogen-bond donors (Lipinski definition) is 1. The predicted molar refractivity (Wildman–Crippen MR) is 82.5 cm³/mol. The Hall–Kier alpha value is -1.59. The molecule has 1 aliphatic rings. The first-order valence-corrected chi connectivity index (χ1v) is 7.83. The maximum Gasteiger partial charge on any atom is 0.214 e. The van der Waals surface area contributed by atoms with Gasteiger partial charge in [-0.15, -0.1) is 5.10 Å². The number of fused-ring (bicyclic) bond motifs is 1. The number of nitrogens with zero attached hydrogens (tertiary/aromatic N) is 3. The topological polar surface area (TPSA) is 42.2 Å². The average Bonchev–Trinajstić information content (AvgIpc) is 3.05. The molecule has 0 amide bonds. The van der Waals surface area contributed by atoms with E-state index in [4.69, 9.17) is 11.6 Å². The van der Waals surface area contributed by atoms with E-state index in [0.29, 0.717) is 0 Å². The summed E-state index contributed by atoms with van der Waals surface area (Å²) in [6.07, 6.45) is 4.52. The Labute approximate surface area is 125 Å². The molecule has 2 heterocycles. The molecule has 2 aromatic heterocycles. The summed E-state index contributed by atoms with van der Waals surface area (Å²) in [4.78, 5) is 5.33. The Morgan fingerprint density at radius 2 is 2.30 bits per heavy atom. The van der Waals surface area contributed by atoms with Crippen LogP contribution in [0, 0.1) is 5.92 Å². The molecule has 1 N–H and O–H groups in total. The molecule has 4 nitrogen and oxygen atoms in total.